The van der Waals surface area contributed by atoms with Gasteiger partial charge in [0.1, 0.15) is 0 Å². The molecule has 4 heteroatoms. The highest BCUT2D eigenvalue weighted by Crippen LogP contribution is 2.23. The second-order valence-electron chi connectivity index (χ2n) is 5.77. The normalized spacial score (nSPS) is 23.1. The monoisotopic (exact) mass is 269 g/mol. The van der Waals surface area contributed by atoms with E-state index in [9.17, 15) is 13.9 Å². The molecule has 0 aliphatic carbocycles. The van der Waals surface area contributed by atoms with Gasteiger partial charge >= 0.3 is 0 Å². The highest BCUT2D eigenvalue weighted by atomic mass is 19.2. The summed E-state index contributed by atoms with van der Waals surface area (Å²) in [5.74, 6) is -1.71. The Morgan fingerprint density at radius 1 is 1.32 bits per heavy atom. The second-order valence-corrected chi connectivity index (χ2v) is 5.77. The van der Waals surface area contributed by atoms with Crippen LogP contribution in [0.1, 0.15) is 38.2 Å². The maximum atomic E-state index is 13.1. The van der Waals surface area contributed by atoms with Crippen molar-refractivity contribution in [2.24, 2.45) is 0 Å². The molecule has 2 unspecified atom stereocenters. The Morgan fingerprint density at radius 3 is 2.74 bits per heavy atom. The van der Waals surface area contributed by atoms with Gasteiger partial charge in [0.05, 0.1) is 5.60 Å². The molecule has 19 heavy (non-hydrogen) atoms. The lowest BCUT2D eigenvalue weighted by Crippen LogP contribution is -2.41. The van der Waals surface area contributed by atoms with E-state index in [0.29, 0.717) is 24.4 Å². The van der Waals surface area contributed by atoms with Crippen LogP contribution in [0.5, 0.6) is 0 Å². The van der Waals surface area contributed by atoms with Crippen LogP contribution < -0.4 is 5.32 Å². The van der Waals surface area contributed by atoms with Crippen LogP contribution in [0.25, 0.3) is 0 Å². The lowest BCUT2D eigenvalue weighted by molar-refractivity contribution is 0.0370. The van der Waals surface area contributed by atoms with Gasteiger partial charge in [-0.15, -0.1) is 0 Å². The minimum absolute atomic E-state index is 0.314. The van der Waals surface area contributed by atoms with E-state index in [2.05, 4.69) is 5.32 Å². The smallest absolute Gasteiger partial charge is 0.159 e. The quantitative estimate of drug-likeness (QED) is 0.881. The molecule has 2 nitrogen and oxygen atoms in total. The average molecular weight is 269 g/mol. The predicted octanol–water partition coefficient (Wildman–Crippen LogP) is 2.79. The molecule has 0 aromatic heterocycles. The number of halogens is 2. The molecule has 2 N–H and O–H groups in total. The lowest BCUT2D eigenvalue weighted by Gasteiger charge is -2.31. The Hall–Kier alpha value is -1.00. The SMILES string of the molecule is CC(O)(Cc1ccc(F)c(F)c1)CC1CCCCN1. The second kappa shape index (κ2) is 5.97. The fraction of sp³-hybridized carbons (Fsp3) is 0.600. The summed E-state index contributed by atoms with van der Waals surface area (Å²) < 4.78 is 26.0. The van der Waals surface area contributed by atoms with Crippen LogP contribution in [0.4, 0.5) is 8.78 Å². The molecule has 0 bridgehead atoms. The average Bonchev–Trinajstić information content (AvgIpc) is 2.34. The van der Waals surface area contributed by atoms with Crippen LogP contribution in [0, 0.1) is 11.6 Å². The van der Waals surface area contributed by atoms with E-state index in [4.69, 9.17) is 0 Å². The Morgan fingerprint density at radius 2 is 2.11 bits per heavy atom. The molecule has 0 amide bonds. The van der Waals surface area contributed by atoms with E-state index in [-0.39, 0.29) is 0 Å². The summed E-state index contributed by atoms with van der Waals surface area (Å²) in [6.07, 6.45) is 4.39. The van der Waals surface area contributed by atoms with Gasteiger partial charge in [-0.05, 0) is 50.4 Å². The topological polar surface area (TPSA) is 32.3 Å². The maximum Gasteiger partial charge on any atom is 0.159 e. The Labute approximate surface area is 112 Å². The van der Waals surface area contributed by atoms with Crippen molar-refractivity contribution in [1.82, 2.24) is 5.32 Å². The van der Waals surface area contributed by atoms with Gasteiger partial charge in [0.15, 0.2) is 11.6 Å². The molecule has 2 atom stereocenters. The molecule has 0 spiro atoms. The van der Waals surface area contributed by atoms with Gasteiger partial charge in [0.25, 0.3) is 0 Å². The maximum absolute atomic E-state index is 13.1. The van der Waals surface area contributed by atoms with Crippen LogP contribution in [0.2, 0.25) is 0 Å². The number of hydrogen-bond donors (Lipinski definition) is 2. The van der Waals surface area contributed by atoms with Crippen molar-refractivity contribution in [3.63, 3.8) is 0 Å². The van der Waals surface area contributed by atoms with E-state index in [1.165, 1.54) is 18.9 Å². The van der Waals surface area contributed by atoms with E-state index < -0.39 is 17.2 Å². The molecule has 2 rings (SSSR count). The molecule has 1 aromatic rings. The summed E-state index contributed by atoms with van der Waals surface area (Å²) in [6.45, 7) is 2.75. The first-order valence-corrected chi connectivity index (χ1v) is 6.86. The van der Waals surface area contributed by atoms with Crippen LogP contribution >= 0.6 is 0 Å². The van der Waals surface area contributed by atoms with Crippen molar-refractivity contribution in [1.29, 1.82) is 0 Å². The summed E-state index contributed by atoms with van der Waals surface area (Å²) in [4.78, 5) is 0. The van der Waals surface area contributed by atoms with Crippen molar-refractivity contribution in [3.8, 4) is 0 Å². The van der Waals surface area contributed by atoms with Crippen molar-refractivity contribution in [2.75, 3.05) is 6.54 Å². The fourth-order valence-electron chi connectivity index (χ4n) is 2.79. The molecule has 0 saturated carbocycles. The van der Waals surface area contributed by atoms with Gasteiger partial charge in [0.2, 0.25) is 0 Å². The van der Waals surface area contributed by atoms with Gasteiger partial charge in [-0.25, -0.2) is 8.78 Å². The number of piperidine rings is 1. The first-order chi connectivity index (χ1) is 8.96. The van der Waals surface area contributed by atoms with Crippen molar-refractivity contribution in [2.45, 2.75) is 50.7 Å². The molecule has 0 radical (unpaired) electrons. The van der Waals surface area contributed by atoms with Crippen LogP contribution in [-0.2, 0) is 6.42 Å². The third kappa shape index (κ3) is 4.25. The zero-order chi connectivity index (χ0) is 13.9. The van der Waals surface area contributed by atoms with Gasteiger partial charge in [-0.3, -0.25) is 0 Å². The van der Waals surface area contributed by atoms with E-state index >= 15 is 0 Å². The molecule has 1 fully saturated rings. The Kier molecular flexibility index (Phi) is 4.53. The summed E-state index contributed by atoms with van der Waals surface area (Å²) >= 11 is 0. The molecule has 1 heterocycles. The minimum Gasteiger partial charge on any atom is -0.390 e. The first kappa shape index (κ1) is 14.4. The molecule has 1 saturated heterocycles. The highest BCUT2D eigenvalue weighted by molar-refractivity contribution is 5.19. The number of rotatable bonds is 4. The predicted molar refractivity (Wildman–Crippen MR) is 70.9 cm³/mol. The summed E-state index contributed by atoms with van der Waals surface area (Å²) in [5.41, 5.74) is -0.279. The molecular weight excluding hydrogens is 248 g/mol. The van der Waals surface area contributed by atoms with E-state index in [1.54, 1.807) is 6.92 Å². The zero-order valence-electron chi connectivity index (χ0n) is 11.3. The first-order valence-electron chi connectivity index (χ1n) is 6.86. The highest BCUT2D eigenvalue weighted by Gasteiger charge is 2.27. The number of benzene rings is 1. The van der Waals surface area contributed by atoms with Crippen LogP contribution in [0.3, 0.4) is 0 Å². The zero-order valence-corrected chi connectivity index (χ0v) is 11.3. The van der Waals surface area contributed by atoms with E-state index in [0.717, 1.165) is 25.1 Å². The van der Waals surface area contributed by atoms with Crippen molar-refractivity contribution < 1.29 is 13.9 Å². The number of nitrogens with one attached hydrogen (secondary N) is 1. The molecule has 1 aliphatic heterocycles. The lowest BCUT2D eigenvalue weighted by atomic mass is 9.87. The van der Waals surface area contributed by atoms with E-state index in [1.807, 2.05) is 0 Å². The summed E-state index contributed by atoms with van der Waals surface area (Å²) in [6, 6.07) is 4.12. The minimum atomic E-state index is -0.903. The third-order valence-electron chi connectivity index (χ3n) is 3.67. The van der Waals surface area contributed by atoms with Gasteiger partial charge < -0.3 is 10.4 Å². The Bertz CT molecular complexity index is 428. The van der Waals surface area contributed by atoms with Crippen LogP contribution in [-0.4, -0.2) is 23.3 Å². The van der Waals surface area contributed by atoms with Crippen molar-refractivity contribution in [3.05, 3.63) is 35.4 Å². The number of hydrogen-bond acceptors (Lipinski definition) is 2. The molecule has 1 aromatic carbocycles. The summed E-state index contributed by atoms with van der Waals surface area (Å²) in [7, 11) is 0. The Balaban J connectivity index is 1.96. The third-order valence-corrected chi connectivity index (χ3v) is 3.67. The number of aliphatic hydroxyl groups is 1. The van der Waals surface area contributed by atoms with Gasteiger partial charge in [0, 0.05) is 12.5 Å². The summed E-state index contributed by atoms with van der Waals surface area (Å²) in [5, 5.41) is 13.8. The standard InChI is InChI=1S/C15H21F2NO/c1-15(19,10-12-4-2-3-7-18-12)9-11-5-6-13(16)14(17)8-11/h5-6,8,12,18-19H,2-4,7,9-10H2,1H3. The largest absolute Gasteiger partial charge is 0.390 e. The van der Waals surface area contributed by atoms with Gasteiger partial charge in [-0.2, -0.15) is 0 Å². The fourth-order valence-corrected chi connectivity index (χ4v) is 2.79. The van der Waals surface area contributed by atoms with Crippen molar-refractivity contribution >= 4 is 0 Å². The molecular formula is C15H21F2NO. The van der Waals surface area contributed by atoms with Gasteiger partial charge in [-0.1, -0.05) is 12.5 Å². The molecule has 1 aliphatic rings. The molecule has 106 valence electrons. The van der Waals surface area contributed by atoms with Crippen LogP contribution in [0.15, 0.2) is 18.2 Å².